The largest absolute Gasteiger partial charge is 0.324 e. The highest BCUT2D eigenvalue weighted by molar-refractivity contribution is 5.73. The summed E-state index contributed by atoms with van der Waals surface area (Å²) >= 11 is 0. The Balaban J connectivity index is 3.12. The Kier molecular flexibility index (Phi) is 2.28. The normalized spacial score (nSPS) is 9.27. The fourth-order valence-corrected chi connectivity index (χ4v) is 0.981. The summed E-state index contributed by atoms with van der Waals surface area (Å²) in [5.74, 6) is 5.30. The molecule has 0 saturated heterocycles. The number of benzene rings is 1. The number of nitrogen functional groups attached to an aromatic ring is 1. The van der Waals surface area contributed by atoms with Gasteiger partial charge < -0.3 is 5.43 Å². The van der Waals surface area contributed by atoms with E-state index in [9.17, 15) is 0 Å². The van der Waals surface area contributed by atoms with E-state index >= 15 is 0 Å². The molecule has 1 aromatic rings. The zero-order valence-corrected chi connectivity index (χ0v) is 6.59. The van der Waals surface area contributed by atoms with Crippen LogP contribution in [0.25, 0.3) is 5.57 Å². The van der Waals surface area contributed by atoms with E-state index in [1.807, 2.05) is 31.2 Å². The van der Waals surface area contributed by atoms with E-state index in [2.05, 4.69) is 12.0 Å². The van der Waals surface area contributed by atoms with Crippen LogP contribution in [0, 0.1) is 0 Å². The standard InChI is InChI=1S/C9H12N2/c1-7(2)8-5-3-4-6-9(8)11-10/h3-6,11H,1,10H2,2H3. The number of nitrogens with two attached hydrogens (primary N) is 1. The first-order chi connectivity index (χ1) is 5.25. The Morgan fingerprint density at radius 3 is 2.55 bits per heavy atom. The summed E-state index contributed by atoms with van der Waals surface area (Å²) < 4.78 is 0. The molecule has 0 saturated carbocycles. The third-order valence-corrected chi connectivity index (χ3v) is 1.54. The average Bonchev–Trinajstić information content (AvgIpc) is 2.04. The highest BCUT2D eigenvalue weighted by Gasteiger charge is 1.97. The van der Waals surface area contributed by atoms with Crippen LogP contribution in [0.1, 0.15) is 12.5 Å². The molecule has 0 radical (unpaired) electrons. The van der Waals surface area contributed by atoms with Crippen molar-refractivity contribution >= 4 is 11.3 Å². The lowest BCUT2D eigenvalue weighted by Gasteiger charge is -2.06. The molecular formula is C9H12N2. The molecular weight excluding hydrogens is 136 g/mol. The third-order valence-electron chi connectivity index (χ3n) is 1.54. The molecule has 0 unspecified atom stereocenters. The van der Waals surface area contributed by atoms with Crippen molar-refractivity contribution < 1.29 is 0 Å². The summed E-state index contributed by atoms with van der Waals surface area (Å²) in [5.41, 5.74) is 5.61. The molecule has 58 valence electrons. The first-order valence-corrected chi connectivity index (χ1v) is 3.47. The molecule has 0 heterocycles. The zero-order valence-electron chi connectivity index (χ0n) is 6.59. The van der Waals surface area contributed by atoms with Crippen molar-refractivity contribution in [1.29, 1.82) is 0 Å². The lowest BCUT2D eigenvalue weighted by Crippen LogP contribution is -2.08. The number of hydrazine groups is 1. The Morgan fingerprint density at radius 1 is 1.45 bits per heavy atom. The van der Waals surface area contributed by atoms with Crippen LogP contribution < -0.4 is 11.3 Å². The lowest BCUT2D eigenvalue weighted by molar-refractivity contribution is 1.34. The van der Waals surface area contributed by atoms with Crippen molar-refractivity contribution in [3.8, 4) is 0 Å². The van der Waals surface area contributed by atoms with Gasteiger partial charge in [0.2, 0.25) is 0 Å². The minimum atomic E-state index is 0.917. The minimum Gasteiger partial charge on any atom is -0.324 e. The SMILES string of the molecule is C=C(C)c1ccccc1NN. The molecule has 1 aromatic carbocycles. The van der Waals surface area contributed by atoms with Crippen molar-refractivity contribution in [1.82, 2.24) is 0 Å². The fraction of sp³-hybridized carbons (Fsp3) is 0.111. The van der Waals surface area contributed by atoms with Crippen molar-refractivity contribution in [3.63, 3.8) is 0 Å². The second-order valence-corrected chi connectivity index (χ2v) is 2.47. The maximum Gasteiger partial charge on any atom is 0.0559 e. The highest BCUT2D eigenvalue weighted by atomic mass is 15.2. The Hall–Kier alpha value is -1.28. The molecule has 0 aliphatic heterocycles. The number of hydrogen-bond acceptors (Lipinski definition) is 2. The van der Waals surface area contributed by atoms with Crippen LogP contribution in [0.2, 0.25) is 0 Å². The molecule has 0 spiro atoms. The summed E-state index contributed by atoms with van der Waals surface area (Å²) in [4.78, 5) is 0. The van der Waals surface area contributed by atoms with Gasteiger partial charge in [-0.05, 0) is 18.6 Å². The quantitative estimate of drug-likeness (QED) is 0.497. The molecule has 3 N–H and O–H groups in total. The van der Waals surface area contributed by atoms with Crippen molar-refractivity contribution in [2.24, 2.45) is 5.84 Å². The first kappa shape index (κ1) is 7.82. The maximum absolute atomic E-state index is 5.30. The van der Waals surface area contributed by atoms with Crippen LogP contribution in [-0.2, 0) is 0 Å². The number of hydrogen-bond donors (Lipinski definition) is 2. The topological polar surface area (TPSA) is 38.0 Å². The first-order valence-electron chi connectivity index (χ1n) is 3.47. The molecule has 2 heteroatoms. The monoisotopic (exact) mass is 148 g/mol. The van der Waals surface area contributed by atoms with Gasteiger partial charge in [0.15, 0.2) is 0 Å². The summed E-state index contributed by atoms with van der Waals surface area (Å²) in [7, 11) is 0. The third kappa shape index (κ3) is 1.59. The predicted octanol–water partition coefficient (Wildman–Crippen LogP) is 2.01. The number of allylic oxidation sites excluding steroid dienone is 1. The van der Waals surface area contributed by atoms with Gasteiger partial charge in [0.25, 0.3) is 0 Å². The van der Waals surface area contributed by atoms with Crippen LogP contribution in [-0.4, -0.2) is 0 Å². The van der Waals surface area contributed by atoms with E-state index in [1.54, 1.807) is 0 Å². The number of anilines is 1. The summed E-state index contributed by atoms with van der Waals surface area (Å²) in [5, 5.41) is 0. The number of rotatable bonds is 2. The van der Waals surface area contributed by atoms with E-state index in [1.165, 1.54) is 0 Å². The molecule has 0 atom stereocenters. The molecule has 0 amide bonds. The van der Waals surface area contributed by atoms with E-state index in [0.29, 0.717) is 0 Å². The van der Waals surface area contributed by atoms with Crippen LogP contribution in [0.15, 0.2) is 30.8 Å². The molecule has 2 nitrogen and oxygen atoms in total. The van der Waals surface area contributed by atoms with Gasteiger partial charge in [0.05, 0.1) is 5.69 Å². The van der Waals surface area contributed by atoms with Crippen molar-refractivity contribution in [3.05, 3.63) is 36.4 Å². The van der Waals surface area contributed by atoms with Gasteiger partial charge in [-0.15, -0.1) is 0 Å². The van der Waals surface area contributed by atoms with Crippen LogP contribution >= 0.6 is 0 Å². The molecule has 0 aromatic heterocycles. The summed E-state index contributed by atoms with van der Waals surface area (Å²) in [6, 6.07) is 7.80. The maximum atomic E-state index is 5.30. The van der Waals surface area contributed by atoms with Crippen LogP contribution in [0.5, 0.6) is 0 Å². The van der Waals surface area contributed by atoms with Gasteiger partial charge >= 0.3 is 0 Å². The smallest absolute Gasteiger partial charge is 0.0559 e. The van der Waals surface area contributed by atoms with Crippen molar-refractivity contribution in [2.75, 3.05) is 5.43 Å². The van der Waals surface area contributed by atoms with Crippen LogP contribution in [0.3, 0.4) is 0 Å². The number of para-hydroxylation sites is 1. The van der Waals surface area contributed by atoms with Crippen LogP contribution in [0.4, 0.5) is 5.69 Å². The van der Waals surface area contributed by atoms with E-state index in [-0.39, 0.29) is 0 Å². The van der Waals surface area contributed by atoms with E-state index in [4.69, 9.17) is 5.84 Å². The second kappa shape index (κ2) is 3.21. The van der Waals surface area contributed by atoms with E-state index in [0.717, 1.165) is 16.8 Å². The Labute approximate surface area is 66.7 Å². The number of nitrogens with one attached hydrogen (secondary N) is 1. The molecule has 0 bridgehead atoms. The van der Waals surface area contributed by atoms with Gasteiger partial charge in [-0.25, -0.2) is 0 Å². The Morgan fingerprint density at radius 2 is 2.09 bits per heavy atom. The van der Waals surface area contributed by atoms with E-state index < -0.39 is 0 Å². The molecule has 0 aliphatic rings. The average molecular weight is 148 g/mol. The minimum absolute atomic E-state index is 0.917. The van der Waals surface area contributed by atoms with Gasteiger partial charge in [-0.3, -0.25) is 5.84 Å². The molecule has 0 aliphatic carbocycles. The Bertz CT molecular complexity index is 266. The second-order valence-electron chi connectivity index (χ2n) is 2.47. The van der Waals surface area contributed by atoms with Crippen molar-refractivity contribution in [2.45, 2.75) is 6.92 Å². The molecule has 1 rings (SSSR count). The van der Waals surface area contributed by atoms with Gasteiger partial charge in [-0.1, -0.05) is 24.8 Å². The highest BCUT2D eigenvalue weighted by Crippen LogP contribution is 2.20. The van der Waals surface area contributed by atoms with Gasteiger partial charge in [-0.2, -0.15) is 0 Å². The molecule has 0 fully saturated rings. The molecule has 11 heavy (non-hydrogen) atoms. The zero-order chi connectivity index (χ0) is 8.27. The summed E-state index contributed by atoms with van der Waals surface area (Å²) in [6.07, 6.45) is 0. The fourth-order valence-electron chi connectivity index (χ4n) is 0.981. The summed E-state index contributed by atoms with van der Waals surface area (Å²) in [6.45, 7) is 5.79. The van der Waals surface area contributed by atoms with Gasteiger partial charge in [0.1, 0.15) is 0 Å². The van der Waals surface area contributed by atoms with Gasteiger partial charge in [0, 0.05) is 5.56 Å². The lowest BCUT2D eigenvalue weighted by atomic mass is 10.1. The predicted molar refractivity (Wildman–Crippen MR) is 49.0 cm³/mol.